The first-order valence-corrected chi connectivity index (χ1v) is 11.4. The molecule has 0 atom stereocenters. The molecular weight excluding hydrogens is 476 g/mol. The van der Waals surface area contributed by atoms with Gasteiger partial charge in [-0.2, -0.15) is 0 Å². The lowest BCUT2D eigenvalue weighted by atomic mass is 10.2. The van der Waals surface area contributed by atoms with Crippen molar-refractivity contribution in [2.24, 2.45) is 0 Å². The van der Waals surface area contributed by atoms with E-state index in [0.29, 0.717) is 17.1 Å². The Bertz CT molecular complexity index is 1520. The summed E-state index contributed by atoms with van der Waals surface area (Å²) < 4.78 is 11.5. The number of benzene rings is 2. The number of fused-ring (bicyclic) bond motifs is 2. The Balaban J connectivity index is 1.20. The molecule has 2 aliphatic rings. The fourth-order valence-corrected chi connectivity index (χ4v) is 4.58. The molecule has 5 rings (SSSR count). The summed E-state index contributed by atoms with van der Waals surface area (Å²) in [7, 11) is 0. The molecule has 178 valence electrons. The standard InChI is InChI=1S/C23H18N4O7S/c28-19(11-27-21(30)15-4-2-1-3-14(15)20(29)25-27)24-7-8-26-22(31)18(35-23(26)32)10-13-5-6-16-17(9-13)34-12-33-16/h1-6,9-10H,7-8,11-12H2,(H,24,28)(H,25,29)/b18-10-. The molecule has 0 unspecified atom stereocenters. The smallest absolute Gasteiger partial charge is 0.293 e. The van der Waals surface area contributed by atoms with Crippen LogP contribution in [-0.4, -0.2) is 51.6 Å². The summed E-state index contributed by atoms with van der Waals surface area (Å²) in [6.45, 7) is -0.337. The van der Waals surface area contributed by atoms with Gasteiger partial charge >= 0.3 is 0 Å². The quantitative estimate of drug-likeness (QED) is 0.489. The zero-order chi connectivity index (χ0) is 24.5. The number of carbonyl (C=O) groups is 3. The molecule has 12 heteroatoms. The van der Waals surface area contributed by atoms with E-state index in [-0.39, 0.29) is 35.6 Å². The Morgan fingerprint density at radius 3 is 2.66 bits per heavy atom. The van der Waals surface area contributed by atoms with Gasteiger partial charge in [-0.3, -0.25) is 34.0 Å². The number of rotatable bonds is 6. The maximum Gasteiger partial charge on any atom is 0.293 e. The predicted molar refractivity (Wildman–Crippen MR) is 127 cm³/mol. The second-order valence-electron chi connectivity index (χ2n) is 7.67. The van der Waals surface area contributed by atoms with Crippen molar-refractivity contribution < 1.29 is 23.9 Å². The van der Waals surface area contributed by atoms with Gasteiger partial charge in [-0.15, -0.1) is 0 Å². The van der Waals surface area contributed by atoms with Crippen molar-refractivity contribution in [2.45, 2.75) is 6.54 Å². The van der Waals surface area contributed by atoms with Gasteiger partial charge in [0.2, 0.25) is 12.7 Å². The van der Waals surface area contributed by atoms with Crippen LogP contribution < -0.4 is 25.9 Å². The van der Waals surface area contributed by atoms with E-state index in [0.717, 1.165) is 21.3 Å². The number of aromatic amines is 1. The molecule has 11 nitrogen and oxygen atoms in total. The normalized spacial score (nSPS) is 15.9. The van der Waals surface area contributed by atoms with Crippen LogP contribution in [0.4, 0.5) is 4.79 Å². The Kier molecular flexibility index (Phi) is 5.87. The van der Waals surface area contributed by atoms with Gasteiger partial charge in [-0.1, -0.05) is 18.2 Å². The topological polar surface area (TPSA) is 140 Å². The van der Waals surface area contributed by atoms with Crippen molar-refractivity contribution in [3.8, 4) is 11.5 Å². The van der Waals surface area contributed by atoms with E-state index in [1.54, 1.807) is 36.4 Å². The summed E-state index contributed by atoms with van der Waals surface area (Å²) in [5, 5.41) is 4.93. The van der Waals surface area contributed by atoms with Gasteiger partial charge in [0.05, 0.1) is 15.7 Å². The van der Waals surface area contributed by atoms with Crippen LogP contribution in [0.15, 0.2) is 57.0 Å². The molecule has 3 aromatic rings. The minimum atomic E-state index is -0.555. The number of nitrogens with one attached hydrogen (secondary N) is 2. The van der Waals surface area contributed by atoms with Crippen LogP contribution in [0.2, 0.25) is 0 Å². The van der Waals surface area contributed by atoms with E-state index in [1.807, 2.05) is 0 Å². The van der Waals surface area contributed by atoms with Gasteiger partial charge in [0.25, 0.3) is 22.3 Å². The summed E-state index contributed by atoms with van der Waals surface area (Å²) in [5.74, 6) is 0.150. The number of thioether (sulfide) groups is 1. The van der Waals surface area contributed by atoms with Crippen LogP contribution in [0.25, 0.3) is 16.8 Å². The van der Waals surface area contributed by atoms with Crippen molar-refractivity contribution in [1.82, 2.24) is 20.0 Å². The van der Waals surface area contributed by atoms with E-state index in [4.69, 9.17) is 9.47 Å². The van der Waals surface area contributed by atoms with Crippen molar-refractivity contribution >= 4 is 45.7 Å². The number of hydrogen-bond donors (Lipinski definition) is 2. The third-order valence-corrected chi connectivity index (χ3v) is 6.32. The largest absolute Gasteiger partial charge is 0.454 e. The number of carbonyl (C=O) groups excluding carboxylic acids is 3. The van der Waals surface area contributed by atoms with Crippen molar-refractivity contribution in [1.29, 1.82) is 0 Å². The molecule has 1 saturated heterocycles. The third-order valence-electron chi connectivity index (χ3n) is 5.41. The zero-order valence-electron chi connectivity index (χ0n) is 18.1. The zero-order valence-corrected chi connectivity index (χ0v) is 18.9. The van der Waals surface area contributed by atoms with Crippen LogP contribution in [0.1, 0.15) is 5.56 Å². The minimum absolute atomic E-state index is 0.0132. The van der Waals surface area contributed by atoms with E-state index in [2.05, 4.69) is 10.4 Å². The summed E-state index contributed by atoms with van der Waals surface area (Å²) in [4.78, 5) is 63.3. The minimum Gasteiger partial charge on any atom is -0.454 e. The molecular formula is C23H18N4O7S. The number of imide groups is 1. The molecule has 3 amide bonds. The molecule has 2 N–H and O–H groups in total. The second kappa shape index (κ2) is 9.14. The Hall–Kier alpha value is -4.32. The van der Waals surface area contributed by atoms with Gasteiger partial charge in [-0.25, -0.2) is 4.68 Å². The molecule has 0 spiro atoms. The molecule has 0 aliphatic carbocycles. The molecule has 35 heavy (non-hydrogen) atoms. The van der Waals surface area contributed by atoms with Gasteiger partial charge in [-0.05, 0) is 47.7 Å². The highest BCUT2D eigenvalue weighted by Gasteiger charge is 2.34. The van der Waals surface area contributed by atoms with Crippen molar-refractivity contribution in [2.75, 3.05) is 19.9 Å². The average Bonchev–Trinajstić information content (AvgIpc) is 3.41. The first-order chi connectivity index (χ1) is 16.9. The fraction of sp³-hybridized carbons (Fsp3) is 0.174. The number of ether oxygens (including phenoxy) is 2. The number of nitrogens with zero attached hydrogens (tertiary/aromatic N) is 2. The summed E-state index contributed by atoms with van der Waals surface area (Å²) in [6, 6.07) is 11.5. The number of H-pyrrole nitrogens is 1. The summed E-state index contributed by atoms with van der Waals surface area (Å²) in [6.07, 6.45) is 1.59. The van der Waals surface area contributed by atoms with Crippen LogP contribution in [0.5, 0.6) is 11.5 Å². The van der Waals surface area contributed by atoms with Crippen LogP contribution in [0, 0.1) is 0 Å². The molecule has 2 aromatic carbocycles. The van der Waals surface area contributed by atoms with E-state index >= 15 is 0 Å². The lowest BCUT2D eigenvalue weighted by molar-refractivity contribution is -0.124. The fourth-order valence-electron chi connectivity index (χ4n) is 3.71. The van der Waals surface area contributed by atoms with Crippen molar-refractivity contribution in [3.63, 3.8) is 0 Å². The van der Waals surface area contributed by atoms with E-state index in [9.17, 15) is 24.0 Å². The average molecular weight is 494 g/mol. The summed E-state index contributed by atoms with van der Waals surface area (Å²) in [5.41, 5.74) is -0.308. The van der Waals surface area contributed by atoms with Crippen LogP contribution in [0.3, 0.4) is 0 Å². The molecule has 0 saturated carbocycles. The molecule has 1 aromatic heterocycles. The highest BCUT2D eigenvalue weighted by molar-refractivity contribution is 8.18. The van der Waals surface area contributed by atoms with E-state index < -0.39 is 34.7 Å². The monoisotopic (exact) mass is 494 g/mol. The second-order valence-corrected chi connectivity index (χ2v) is 8.67. The lowest BCUT2D eigenvalue weighted by Crippen LogP contribution is -2.40. The van der Waals surface area contributed by atoms with Crippen molar-refractivity contribution in [3.05, 3.63) is 73.6 Å². The third kappa shape index (κ3) is 4.43. The number of hydrogen-bond acceptors (Lipinski definition) is 8. The first-order valence-electron chi connectivity index (χ1n) is 10.5. The first kappa shape index (κ1) is 22.5. The van der Waals surface area contributed by atoms with E-state index in [1.165, 1.54) is 12.1 Å². The molecule has 1 fully saturated rings. The van der Waals surface area contributed by atoms with Crippen LogP contribution in [-0.2, 0) is 16.1 Å². The number of amides is 3. The molecule has 0 radical (unpaired) electrons. The SMILES string of the molecule is O=C(Cn1[nH]c(=O)c2ccccc2c1=O)NCCN1C(=O)S/C(=C\c2ccc3c(c2)OCO3)C1=O. The van der Waals surface area contributed by atoms with Gasteiger partial charge in [0.1, 0.15) is 6.54 Å². The Morgan fingerprint density at radius 1 is 1.06 bits per heavy atom. The van der Waals surface area contributed by atoms with Gasteiger partial charge < -0.3 is 14.8 Å². The van der Waals surface area contributed by atoms with Gasteiger partial charge in [0.15, 0.2) is 11.5 Å². The molecule has 0 bridgehead atoms. The Labute approximate surface area is 201 Å². The maximum atomic E-state index is 12.7. The highest BCUT2D eigenvalue weighted by Crippen LogP contribution is 2.36. The molecule has 2 aliphatic heterocycles. The maximum absolute atomic E-state index is 12.7. The number of aromatic nitrogens is 2. The Morgan fingerprint density at radius 2 is 1.83 bits per heavy atom. The van der Waals surface area contributed by atoms with Gasteiger partial charge in [0, 0.05) is 13.1 Å². The predicted octanol–water partition coefficient (Wildman–Crippen LogP) is 1.27. The molecule has 3 heterocycles. The highest BCUT2D eigenvalue weighted by atomic mass is 32.2. The summed E-state index contributed by atoms with van der Waals surface area (Å²) >= 11 is 0.805. The lowest BCUT2D eigenvalue weighted by Gasteiger charge is -2.13. The van der Waals surface area contributed by atoms with Crippen LogP contribution >= 0.6 is 11.8 Å².